The lowest BCUT2D eigenvalue weighted by molar-refractivity contribution is 0.669. The van der Waals surface area contributed by atoms with E-state index in [4.69, 9.17) is 25.2 Å². The molecule has 53 heavy (non-hydrogen) atoms. The molecule has 5 nitrogen and oxygen atoms in total. The van der Waals surface area contributed by atoms with Crippen LogP contribution in [0.15, 0.2) is 168 Å². The average molecular weight is 679 g/mol. The Balaban J connectivity index is 1.12. The van der Waals surface area contributed by atoms with Gasteiger partial charge in [0.15, 0.2) is 5.82 Å². The van der Waals surface area contributed by atoms with Crippen LogP contribution in [0.2, 0.25) is 0 Å². The first-order valence-electron chi connectivity index (χ1n) is 17.6. The molecule has 248 valence electrons. The van der Waals surface area contributed by atoms with E-state index in [9.17, 15) is 0 Å². The summed E-state index contributed by atoms with van der Waals surface area (Å²) in [5.41, 5.74) is 12.8. The number of rotatable bonds is 5. The molecule has 9 aromatic rings. The Kier molecular flexibility index (Phi) is 7.05. The standard InChI is InChI=1S/C48H30N4O/c49-41-23-20-30-16-17-34-26-37(19-21-38(34)46(30)47(41)50)48-51-42(28-43(52-48)36-18-22-40-39-14-4-5-15-44(39)53-45(40)27-36)35-13-7-12-33(25-35)32-11-6-10-31(24-32)29-8-2-1-3-9-29/h1-28,49-50H. The number of aromatic nitrogens is 2. The molecule has 5 heteroatoms. The normalized spacial score (nSPS) is 12.5. The van der Waals surface area contributed by atoms with Gasteiger partial charge in [-0.1, -0.05) is 121 Å². The van der Waals surface area contributed by atoms with E-state index in [0.717, 1.165) is 83.0 Å². The SMILES string of the molecule is N=C1C=Cc2ccc3cc(-c4nc(-c5cccc(-c6cccc(-c7ccccc7)c6)c5)cc(-c5ccc6c(c5)oc5ccccc56)n4)ccc3c2C1=N. The zero-order chi connectivity index (χ0) is 35.5. The van der Waals surface area contributed by atoms with Crippen LogP contribution in [0.4, 0.5) is 0 Å². The summed E-state index contributed by atoms with van der Waals surface area (Å²) in [6.07, 6.45) is 3.59. The summed E-state index contributed by atoms with van der Waals surface area (Å²) < 4.78 is 6.28. The van der Waals surface area contributed by atoms with Crippen molar-refractivity contribution < 1.29 is 4.42 Å². The molecule has 0 fully saturated rings. The Morgan fingerprint density at radius 1 is 0.415 bits per heavy atom. The molecule has 0 atom stereocenters. The highest BCUT2D eigenvalue weighted by Gasteiger charge is 2.19. The summed E-state index contributed by atoms with van der Waals surface area (Å²) in [6, 6.07) is 54.3. The van der Waals surface area contributed by atoms with Gasteiger partial charge in [-0.15, -0.1) is 0 Å². The number of benzene rings is 7. The van der Waals surface area contributed by atoms with Crippen LogP contribution in [0.5, 0.6) is 0 Å². The summed E-state index contributed by atoms with van der Waals surface area (Å²) in [5, 5.41) is 20.9. The number of allylic oxidation sites excluding steroid dienone is 1. The molecule has 0 unspecified atom stereocenters. The predicted octanol–water partition coefficient (Wildman–Crippen LogP) is 12.3. The van der Waals surface area contributed by atoms with Crippen LogP contribution in [0, 0.1) is 10.8 Å². The molecule has 0 bridgehead atoms. The van der Waals surface area contributed by atoms with E-state index in [1.54, 1.807) is 6.08 Å². The minimum absolute atomic E-state index is 0.213. The molecule has 0 saturated carbocycles. The van der Waals surface area contributed by atoms with Crippen molar-refractivity contribution in [2.24, 2.45) is 0 Å². The third-order valence-electron chi connectivity index (χ3n) is 10.1. The van der Waals surface area contributed by atoms with Gasteiger partial charge in [-0.25, -0.2) is 9.97 Å². The van der Waals surface area contributed by atoms with Crippen molar-refractivity contribution in [3.05, 3.63) is 175 Å². The van der Waals surface area contributed by atoms with Crippen molar-refractivity contribution in [2.75, 3.05) is 0 Å². The molecule has 0 amide bonds. The molecule has 0 radical (unpaired) electrons. The quantitative estimate of drug-likeness (QED) is 0.190. The summed E-state index contributed by atoms with van der Waals surface area (Å²) in [7, 11) is 0. The van der Waals surface area contributed by atoms with Crippen LogP contribution in [0.1, 0.15) is 11.1 Å². The molecule has 0 aliphatic heterocycles. The van der Waals surface area contributed by atoms with Crippen molar-refractivity contribution >= 4 is 50.2 Å². The van der Waals surface area contributed by atoms with Crippen LogP contribution >= 0.6 is 0 Å². The topological polar surface area (TPSA) is 86.6 Å². The highest BCUT2D eigenvalue weighted by molar-refractivity contribution is 6.53. The maximum Gasteiger partial charge on any atom is 0.160 e. The molecule has 0 spiro atoms. The van der Waals surface area contributed by atoms with Crippen LogP contribution < -0.4 is 0 Å². The summed E-state index contributed by atoms with van der Waals surface area (Å²) >= 11 is 0. The monoisotopic (exact) mass is 678 g/mol. The van der Waals surface area contributed by atoms with Gasteiger partial charge in [0, 0.05) is 33.0 Å². The fourth-order valence-corrected chi connectivity index (χ4v) is 7.42. The van der Waals surface area contributed by atoms with Crippen molar-refractivity contribution in [2.45, 2.75) is 0 Å². The predicted molar refractivity (Wildman–Crippen MR) is 218 cm³/mol. The molecule has 2 heterocycles. The number of hydrogen-bond acceptors (Lipinski definition) is 5. The lowest BCUT2D eigenvalue weighted by Gasteiger charge is -2.16. The highest BCUT2D eigenvalue weighted by atomic mass is 16.3. The summed E-state index contributed by atoms with van der Waals surface area (Å²) in [6.45, 7) is 0. The Labute approximate surface area is 305 Å². The summed E-state index contributed by atoms with van der Waals surface area (Å²) in [4.78, 5) is 10.4. The summed E-state index contributed by atoms with van der Waals surface area (Å²) in [5.74, 6) is 0.598. The second-order valence-corrected chi connectivity index (χ2v) is 13.4. The Bertz CT molecular complexity index is 2990. The third-order valence-corrected chi connectivity index (χ3v) is 10.1. The minimum atomic E-state index is 0.213. The van der Waals surface area contributed by atoms with Crippen molar-refractivity contribution in [3.8, 4) is 56.2 Å². The largest absolute Gasteiger partial charge is 0.456 e. The van der Waals surface area contributed by atoms with E-state index in [1.807, 2.05) is 48.5 Å². The van der Waals surface area contributed by atoms with E-state index in [2.05, 4.69) is 115 Å². The molecule has 10 rings (SSSR count). The lowest BCUT2D eigenvalue weighted by Crippen LogP contribution is -2.16. The number of furan rings is 1. The fourth-order valence-electron chi connectivity index (χ4n) is 7.42. The van der Waals surface area contributed by atoms with Crippen LogP contribution in [0.25, 0.3) is 94.9 Å². The van der Waals surface area contributed by atoms with Crippen LogP contribution in [-0.4, -0.2) is 21.4 Å². The van der Waals surface area contributed by atoms with Gasteiger partial charge < -0.3 is 4.42 Å². The van der Waals surface area contributed by atoms with Gasteiger partial charge in [0.25, 0.3) is 0 Å². The Hall–Kier alpha value is -7.24. The first-order valence-corrected chi connectivity index (χ1v) is 17.6. The van der Waals surface area contributed by atoms with E-state index in [-0.39, 0.29) is 11.4 Å². The Morgan fingerprint density at radius 2 is 1.04 bits per heavy atom. The lowest BCUT2D eigenvalue weighted by atomic mass is 9.89. The van der Waals surface area contributed by atoms with Gasteiger partial charge in [0.05, 0.1) is 22.8 Å². The molecule has 1 aliphatic rings. The number of hydrogen-bond donors (Lipinski definition) is 2. The number of fused-ring (bicyclic) bond motifs is 6. The third kappa shape index (κ3) is 5.34. The van der Waals surface area contributed by atoms with Crippen molar-refractivity contribution in [1.82, 2.24) is 9.97 Å². The van der Waals surface area contributed by atoms with Gasteiger partial charge in [0.2, 0.25) is 0 Å². The van der Waals surface area contributed by atoms with Gasteiger partial charge in [-0.2, -0.15) is 0 Å². The highest BCUT2D eigenvalue weighted by Crippen LogP contribution is 2.36. The van der Waals surface area contributed by atoms with Crippen LogP contribution in [-0.2, 0) is 0 Å². The van der Waals surface area contributed by atoms with Crippen molar-refractivity contribution in [3.63, 3.8) is 0 Å². The van der Waals surface area contributed by atoms with E-state index in [0.29, 0.717) is 5.82 Å². The van der Waals surface area contributed by atoms with Crippen LogP contribution in [0.3, 0.4) is 0 Å². The number of nitrogens with one attached hydrogen (secondary N) is 2. The molecule has 1 aliphatic carbocycles. The zero-order valence-electron chi connectivity index (χ0n) is 28.5. The van der Waals surface area contributed by atoms with Gasteiger partial charge in [-0.05, 0) is 87.1 Å². The Morgan fingerprint density at radius 3 is 1.85 bits per heavy atom. The maximum absolute atomic E-state index is 8.64. The first-order chi connectivity index (χ1) is 26.1. The zero-order valence-corrected chi connectivity index (χ0v) is 28.5. The smallest absolute Gasteiger partial charge is 0.160 e. The molecule has 2 N–H and O–H groups in total. The van der Waals surface area contributed by atoms with Gasteiger partial charge in [-0.3, -0.25) is 10.8 Å². The minimum Gasteiger partial charge on any atom is -0.456 e. The van der Waals surface area contributed by atoms with Crippen molar-refractivity contribution in [1.29, 1.82) is 10.8 Å². The second-order valence-electron chi connectivity index (χ2n) is 13.4. The van der Waals surface area contributed by atoms with E-state index < -0.39 is 0 Å². The number of para-hydroxylation sites is 1. The van der Waals surface area contributed by atoms with Gasteiger partial charge >= 0.3 is 0 Å². The first kappa shape index (κ1) is 30.6. The fraction of sp³-hybridized carbons (Fsp3) is 0. The molecule has 0 saturated heterocycles. The molecule has 7 aromatic carbocycles. The molecule has 2 aromatic heterocycles. The maximum atomic E-state index is 8.64. The molecular weight excluding hydrogens is 649 g/mol. The van der Waals surface area contributed by atoms with E-state index in [1.165, 1.54) is 11.1 Å². The van der Waals surface area contributed by atoms with E-state index >= 15 is 0 Å². The number of nitrogens with zero attached hydrogens (tertiary/aromatic N) is 2. The second kappa shape index (κ2) is 12.2. The average Bonchev–Trinajstić information content (AvgIpc) is 3.60. The van der Waals surface area contributed by atoms with Gasteiger partial charge in [0.1, 0.15) is 11.2 Å². The molecular formula is C48H30N4O.